The Morgan fingerprint density at radius 1 is 1.58 bits per heavy atom. The summed E-state index contributed by atoms with van der Waals surface area (Å²) in [6, 6.07) is 0. The van der Waals surface area contributed by atoms with Crippen LogP contribution in [0.2, 0.25) is 0 Å². The van der Waals surface area contributed by atoms with E-state index in [1.54, 1.807) is 5.01 Å². The number of ketones is 1. The van der Waals surface area contributed by atoms with Gasteiger partial charge in [-0.3, -0.25) is 9.80 Å². The van der Waals surface area contributed by atoms with Gasteiger partial charge in [0.25, 0.3) is 0 Å². The predicted octanol–water partition coefficient (Wildman–Crippen LogP) is 0.334. The first-order valence-corrected chi connectivity index (χ1v) is 4.36. The van der Waals surface area contributed by atoms with E-state index in [0.29, 0.717) is 6.54 Å². The largest absolute Gasteiger partial charge is 0.379 e. The smallest absolute Gasteiger partial charge is 0.220 e. The van der Waals surface area contributed by atoms with Crippen molar-refractivity contribution in [3.63, 3.8) is 0 Å². The van der Waals surface area contributed by atoms with E-state index in [4.69, 9.17) is 5.73 Å². The van der Waals surface area contributed by atoms with E-state index in [1.807, 2.05) is 0 Å². The molecule has 0 radical (unpaired) electrons. The fraction of sp³-hybridized carbons (Fsp3) is 0.750. The Labute approximate surface area is 72.4 Å². The average molecular weight is 169 g/mol. The summed E-state index contributed by atoms with van der Waals surface area (Å²) >= 11 is 0. The van der Waals surface area contributed by atoms with Crippen LogP contribution in [0.25, 0.3) is 0 Å². The highest BCUT2D eigenvalue weighted by atomic mass is 16.1. The highest BCUT2D eigenvalue weighted by Crippen LogP contribution is 2.03. The van der Waals surface area contributed by atoms with Crippen LogP contribution in [-0.2, 0) is 4.79 Å². The zero-order valence-electron chi connectivity index (χ0n) is 7.42. The number of carbonyl (C=O) groups excluding carboxylic acids is 1. The van der Waals surface area contributed by atoms with Crippen LogP contribution in [0, 0.1) is 0 Å². The summed E-state index contributed by atoms with van der Waals surface area (Å²) in [6.45, 7) is 3.36. The van der Waals surface area contributed by atoms with Gasteiger partial charge in [-0.25, -0.2) is 0 Å². The molecule has 0 atom stereocenters. The van der Waals surface area contributed by atoms with E-state index in [0.717, 1.165) is 13.0 Å². The zero-order chi connectivity index (χ0) is 8.97. The Morgan fingerprint density at radius 2 is 2.33 bits per heavy atom. The van der Waals surface area contributed by atoms with Crippen molar-refractivity contribution in [3.05, 3.63) is 0 Å². The molecule has 1 heterocycles. The maximum Gasteiger partial charge on any atom is 0.220 e. The molecule has 0 aliphatic carbocycles. The number of carbonyl (C=O) groups is 1. The molecule has 1 rings (SSSR count). The molecule has 0 saturated heterocycles. The Balaban J connectivity index is 2.24. The number of amidine groups is 1. The van der Waals surface area contributed by atoms with E-state index in [1.165, 1.54) is 12.8 Å². The van der Waals surface area contributed by atoms with Crippen molar-refractivity contribution >= 4 is 11.6 Å². The fourth-order valence-corrected chi connectivity index (χ4v) is 1.16. The normalized spacial score (nSPS) is 16.9. The number of unbranched alkanes of at least 4 members (excludes halogenated alkanes) is 2. The van der Waals surface area contributed by atoms with Crippen molar-refractivity contribution in [2.45, 2.75) is 26.2 Å². The van der Waals surface area contributed by atoms with Crippen LogP contribution in [0.4, 0.5) is 0 Å². The first kappa shape index (κ1) is 9.03. The molecule has 0 spiro atoms. The summed E-state index contributed by atoms with van der Waals surface area (Å²) in [4.78, 5) is 10.9. The van der Waals surface area contributed by atoms with Crippen LogP contribution in [0.1, 0.15) is 26.2 Å². The molecule has 0 bridgehead atoms. The lowest BCUT2D eigenvalue weighted by Gasteiger charge is -2.10. The molecule has 12 heavy (non-hydrogen) atoms. The van der Waals surface area contributed by atoms with E-state index < -0.39 is 0 Å². The van der Waals surface area contributed by atoms with Gasteiger partial charge in [-0.2, -0.15) is 5.10 Å². The van der Waals surface area contributed by atoms with E-state index in [-0.39, 0.29) is 11.6 Å². The number of Topliss-reactive ketones (excluding diaryl/α,β-unsaturated/α-hetero) is 1. The molecule has 0 aromatic rings. The summed E-state index contributed by atoms with van der Waals surface area (Å²) in [5.41, 5.74) is 5.33. The minimum absolute atomic E-state index is 0.0495. The molecule has 0 aromatic carbocycles. The van der Waals surface area contributed by atoms with Gasteiger partial charge in [0.15, 0.2) is 5.84 Å². The lowest BCUT2D eigenvalue weighted by Crippen LogP contribution is -2.23. The molecule has 2 N–H and O–H groups in total. The number of nitrogens with zero attached hydrogens (tertiary/aromatic N) is 2. The molecule has 1 aliphatic heterocycles. The fourth-order valence-electron chi connectivity index (χ4n) is 1.16. The van der Waals surface area contributed by atoms with Crippen LogP contribution in [-0.4, -0.2) is 29.7 Å². The molecule has 4 nitrogen and oxygen atoms in total. The topological polar surface area (TPSA) is 58.7 Å². The lowest BCUT2D eigenvalue weighted by molar-refractivity contribution is -0.112. The highest BCUT2D eigenvalue weighted by Gasteiger charge is 2.19. The summed E-state index contributed by atoms with van der Waals surface area (Å²) < 4.78 is 0. The Hall–Kier alpha value is -1.06. The van der Waals surface area contributed by atoms with Gasteiger partial charge in [0.1, 0.15) is 6.54 Å². The van der Waals surface area contributed by atoms with Crippen LogP contribution < -0.4 is 5.73 Å². The second kappa shape index (κ2) is 4.09. The van der Waals surface area contributed by atoms with E-state index in [9.17, 15) is 4.79 Å². The quantitative estimate of drug-likeness (QED) is 0.617. The third-order valence-electron chi connectivity index (χ3n) is 1.88. The van der Waals surface area contributed by atoms with Gasteiger partial charge in [0, 0.05) is 6.54 Å². The van der Waals surface area contributed by atoms with E-state index >= 15 is 0 Å². The molecule has 68 valence electrons. The number of nitrogens with two attached hydrogens (primary N) is 1. The summed E-state index contributed by atoms with van der Waals surface area (Å²) in [5.74, 6) is 0.109. The molecular weight excluding hydrogens is 154 g/mol. The van der Waals surface area contributed by atoms with Gasteiger partial charge < -0.3 is 5.73 Å². The van der Waals surface area contributed by atoms with Gasteiger partial charge in [0.05, 0.1) is 0 Å². The molecule has 0 fully saturated rings. The second-order valence-electron chi connectivity index (χ2n) is 3.00. The molecule has 0 amide bonds. The lowest BCUT2D eigenvalue weighted by atomic mass is 10.2. The standard InChI is InChI=1S/C8H15N3O/c1-2-3-4-5-11-6-7(12)8(9)10-11/h2-6H2,1H3,(H2,9,10). The maximum absolute atomic E-state index is 10.9. The van der Waals surface area contributed by atoms with Crippen LogP contribution in [0.5, 0.6) is 0 Å². The third-order valence-corrected chi connectivity index (χ3v) is 1.88. The minimum atomic E-state index is -0.0495. The third kappa shape index (κ3) is 2.22. The highest BCUT2D eigenvalue weighted by molar-refractivity contribution is 6.40. The van der Waals surface area contributed by atoms with Crippen molar-refractivity contribution in [1.82, 2.24) is 5.01 Å². The molecule has 0 saturated carbocycles. The van der Waals surface area contributed by atoms with E-state index in [2.05, 4.69) is 12.0 Å². The molecule has 4 heteroatoms. The number of hydrogen-bond acceptors (Lipinski definition) is 4. The number of hydrazone groups is 1. The first-order valence-electron chi connectivity index (χ1n) is 4.36. The summed E-state index contributed by atoms with van der Waals surface area (Å²) in [7, 11) is 0. The van der Waals surface area contributed by atoms with Gasteiger partial charge in [-0.05, 0) is 6.42 Å². The number of rotatable bonds is 4. The van der Waals surface area contributed by atoms with Gasteiger partial charge in [0.2, 0.25) is 5.78 Å². The van der Waals surface area contributed by atoms with Crippen molar-refractivity contribution in [3.8, 4) is 0 Å². The van der Waals surface area contributed by atoms with Gasteiger partial charge in [-0.15, -0.1) is 0 Å². The molecular formula is C8H15N3O. The SMILES string of the molecule is CCCCCN1CC(=O)C(N)=N1. The number of hydrogen-bond donors (Lipinski definition) is 1. The van der Waals surface area contributed by atoms with Crippen molar-refractivity contribution in [1.29, 1.82) is 0 Å². The molecule has 0 aromatic heterocycles. The van der Waals surface area contributed by atoms with Crippen molar-refractivity contribution in [2.75, 3.05) is 13.1 Å². The minimum Gasteiger partial charge on any atom is -0.379 e. The Morgan fingerprint density at radius 3 is 2.83 bits per heavy atom. The van der Waals surface area contributed by atoms with Crippen molar-refractivity contribution < 1.29 is 4.79 Å². The average Bonchev–Trinajstić information content (AvgIpc) is 2.32. The zero-order valence-corrected chi connectivity index (χ0v) is 7.42. The summed E-state index contributed by atoms with van der Waals surface area (Å²) in [5, 5.41) is 5.66. The Kier molecular flexibility index (Phi) is 3.08. The first-order chi connectivity index (χ1) is 5.74. The second-order valence-corrected chi connectivity index (χ2v) is 3.00. The van der Waals surface area contributed by atoms with Gasteiger partial charge in [-0.1, -0.05) is 19.8 Å². The molecule has 1 aliphatic rings. The molecule has 0 unspecified atom stereocenters. The van der Waals surface area contributed by atoms with Crippen LogP contribution >= 0.6 is 0 Å². The maximum atomic E-state index is 10.9. The monoisotopic (exact) mass is 169 g/mol. The predicted molar refractivity (Wildman–Crippen MR) is 47.7 cm³/mol. The van der Waals surface area contributed by atoms with Crippen molar-refractivity contribution in [2.24, 2.45) is 10.8 Å². The van der Waals surface area contributed by atoms with Crippen LogP contribution in [0.3, 0.4) is 0 Å². The Bertz CT molecular complexity index is 200. The van der Waals surface area contributed by atoms with Crippen LogP contribution in [0.15, 0.2) is 5.10 Å². The summed E-state index contributed by atoms with van der Waals surface area (Å²) in [6.07, 6.45) is 3.45. The van der Waals surface area contributed by atoms with Gasteiger partial charge >= 0.3 is 0 Å².